The minimum absolute atomic E-state index is 0.477. The van der Waals surface area contributed by atoms with E-state index in [1.54, 1.807) is 30.6 Å². The third-order valence-corrected chi connectivity index (χ3v) is 3.63. The Morgan fingerprint density at radius 1 is 0.958 bits per heavy atom. The van der Waals surface area contributed by atoms with E-state index >= 15 is 0 Å². The molecule has 0 atom stereocenters. The number of anilines is 3. The van der Waals surface area contributed by atoms with E-state index in [2.05, 4.69) is 25.6 Å². The fourth-order valence-corrected chi connectivity index (χ4v) is 2.69. The van der Waals surface area contributed by atoms with Gasteiger partial charge in [-0.25, -0.2) is 4.98 Å². The number of aromatic nitrogens is 3. The molecule has 3 rings (SSSR count). The Bertz CT molecular complexity index is 819. The van der Waals surface area contributed by atoms with Gasteiger partial charge in [0.25, 0.3) is 0 Å². The molecule has 0 saturated heterocycles. The van der Waals surface area contributed by atoms with Crippen molar-refractivity contribution in [3.05, 3.63) is 70.1 Å². The van der Waals surface area contributed by atoms with E-state index < -0.39 is 0 Å². The molecule has 0 bridgehead atoms. The van der Waals surface area contributed by atoms with Crippen LogP contribution in [0.1, 0.15) is 11.3 Å². The first kappa shape index (κ1) is 16.5. The highest BCUT2D eigenvalue weighted by molar-refractivity contribution is 6.35. The van der Waals surface area contributed by atoms with Gasteiger partial charge in [-0.1, -0.05) is 23.2 Å². The van der Waals surface area contributed by atoms with E-state index in [4.69, 9.17) is 23.2 Å². The molecule has 2 N–H and O–H groups in total. The van der Waals surface area contributed by atoms with Crippen LogP contribution in [0.4, 0.5) is 17.5 Å². The Kier molecular flexibility index (Phi) is 5.13. The molecule has 3 aromatic rings. The van der Waals surface area contributed by atoms with Crippen LogP contribution in [0.2, 0.25) is 10.0 Å². The van der Waals surface area contributed by atoms with E-state index in [1.807, 2.05) is 25.1 Å². The number of hydrogen-bond donors (Lipinski definition) is 2. The molecule has 0 amide bonds. The fourth-order valence-electron chi connectivity index (χ4n) is 2.16. The SMILES string of the molecule is Cc1cc(NCc2ccncc2)nc(Nc2cc(Cl)cc(Cl)c2)n1. The van der Waals surface area contributed by atoms with Crippen molar-refractivity contribution in [2.45, 2.75) is 13.5 Å². The van der Waals surface area contributed by atoms with E-state index in [-0.39, 0.29) is 0 Å². The predicted molar refractivity (Wildman–Crippen MR) is 98.1 cm³/mol. The van der Waals surface area contributed by atoms with Crippen molar-refractivity contribution in [2.24, 2.45) is 0 Å². The lowest BCUT2D eigenvalue weighted by molar-refractivity contribution is 1.05. The maximum Gasteiger partial charge on any atom is 0.229 e. The maximum atomic E-state index is 6.01. The van der Waals surface area contributed by atoms with Crippen LogP contribution in [0.3, 0.4) is 0 Å². The lowest BCUT2D eigenvalue weighted by Gasteiger charge is -2.10. The highest BCUT2D eigenvalue weighted by Crippen LogP contribution is 2.24. The molecule has 0 aliphatic carbocycles. The standard InChI is InChI=1S/C17H15Cl2N5/c1-11-6-16(21-10-12-2-4-20-5-3-12)24-17(22-11)23-15-8-13(18)7-14(19)9-15/h2-9H,10H2,1H3,(H2,21,22,23,24). The Morgan fingerprint density at radius 2 is 1.67 bits per heavy atom. The molecule has 0 aliphatic rings. The van der Waals surface area contributed by atoms with Gasteiger partial charge in [-0.3, -0.25) is 4.98 Å². The molecule has 5 nitrogen and oxygen atoms in total. The summed E-state index contributed by atoms with van der Waals surface area (Å²) in [5.41, 5.74) is 2.70. The van der Waals surface area contributed by atoms with Gasteiger partial charge in [0.05, 0.1) is 0 Å². The van der Waals surface area contributed by atoms with Crippen molar-refractivity contribution in [2.75, 3.05) is 10.6 Å². The second kappa shape index (κ2) is 7.47. The summed E-state index contributed by atoms with van der Waals surface area (Å²) < 4.78 is 0. The third-order valence-electron chi connectivity index (χ3n) is 3.20. The molecule has 0 fully saturated rings. The molecule has 1 aromatic carbocycles. The summed E-state index contributed by atoms with van der Waals surface area (Å²) in [6.07, 6.45) is 3.52. The van der Waals surface area contributed by atoms with Crippen LogP contribution in [0.5, 0.6) is 0 Å². The van der Waals surface area contributed by atoms with E-state index in [0.29, 0.717) is 22.5 Å². The zero-order valence-corrected chi connectivity index (χ0v) is 14.4. The van der Waals surface area contributed by atoms with E-state index in [9.17, 15) is 0 Å². The van der Waals surface area contributed by atoms with E-state index in [0.717, 1.165) is 22.8 Å². The van der Waals surface area contributed by atoms with E-state index in [1.165, 1.54) is 0 Å². The van der Waals surface area contributed by atoms with Crippen LogP contribution in [-0.2, 0) is 6.54 Å². The number of nitrogens with one attached hydrogen (secondary N) is 2. The monoisotopic (exact) mass is 359 g/mol. The Balaban J connectivity index is 1.76. The molecule has 0 spiro atoms. The van der Waals surface area contributed by atoms with Crippen LogP contribution in [0.25, 0.3) is 0 Å². The molecule has 24 heavy (non-hydrogen) atoms. The molecule has 7 heteroatoms. The third kappa shape index (κ3) is 4.57. The summed E-state index contributed by atoms with van der Waals surface area (Å²) in [6.45, 7) is 2.57. The zero-order valence-electron chi connectivity index (χ0n) is 12.9. The first-order valence-electron chi connectivity index (χ1n) is 7.30. The van der Waals surface area contributed by atoms with Crippen molar-refractivity contribution in [1.29, 1.82) is 0 Å². The van der Waals surface area contributed by atoms with Crippen molar-refractivity contribution >= 4 is 40.7 Å². The second-order valence-corrected chi connectivity index (χ2v) is 6.08. The number of rotatable bonds is 5. The van der Waals surface area contributed by atoms with Gasteiger partial charge >= 0.3 is 0 Å². The molecular weight excluding hydrogens is 345 g/mol. The maximum absolute atomic E-state index is 6.01. The van der Waals surface area contributed by atoms with Crippen LogP contribution in [0.15, 0.2) is 48.8 Å². The van der Waals surface area contributed by atoms with Crippen molar-refractivity contribution in [3.63, 3.8) is 0 Å². The molecular formula is C17H15Cl2N5. The van der Waals surface area contributed by atoms with Gasteiger partial charge in [0.1, 0.15) is 5.82 Å². The highest BCUT2D eigenvalue weighted by atomic mass is 35.5. The quantitative estimate of drug-likeness (QED) is 0.682. The van der Waals surface area contributed by atoms with Crippen molar-refractivity contribution < 1.29 is 0 Å². The summed E-state index contributed by atoms with van der Waals surface area (Å²) in [6, 6.07) is 11.0. The Labute approximate surface area is 150 Å². The van der Waals surface area contributed by atoms with Crippen LogP contribution >= 0.6 is 23.2 Å². The summed E-state index contributed by atoms with van der Waals surface area (Å²) in [7, 11) is 0. The van der Waals surface area contributed by atoms with Gasteiger partial charge in [0.2, 0.25) is 5.95 Å². The zero-order chi connectivity index (χ0) is 16.9. The largest absolute Gasteiger partial charge is 0.366 e. The fraction of sp³-hybridized carbons (Fsp3) is 0.118. The summed E-state index contributed by atoms with van der Waals surface area (Å²) in [5, 5.41) is 7.50. The van der Waals surface area contributed by atoms with Gasteiger partial charge < -0.3 is 10.6 Å². The van der Waals surface area contributed by atoms with Gasteiger partial charge in [-0.05, 0) is 42.8 Å². The second-order valence-electron chi connectivity index (χ2n) is 5.21. The first-order chi connectivity index (χ1) is 11.6. The lowest BCUT2D eigenvalue weighted by Crippen LogP contribution is -2.05. The summed E-state index contributed by atoms with van der Waals surface area (Å²) in [5.74, 6) is 1.21. The Morgan fingerprint density at radius 3 is 2.38 bits per heavy atom. The van der Waals surface area contributed by atoms with Crippen molar-refractivity contribution in [1.82, 2.24) is 15.0 Å². The first-order valence-corrected chi connectivity index (χ1v) is 8.06. The molecule has 0 aliphatic heterocycles. The minimum atomic E-state index is 0.477. The minimum Gasteiger partial charge on any atom is -0.366 e. The molecule has 2 heterocycles. The number of benzene rings is 1. The van der Waals surface area contributed by atoms with Gasteiger partial charge in [-0.2, -0.15) is 4.98 Å². The van der Waals surface area contributed by atoms with Crippen LogP contribution in [-0.4, -0.2) is 15.0 Å². The molecule has 0 saturated carbocycles. The average molecular weight is 360 g/mol. The molecule has 122 valence electrons. The smallest absolute Gasteiger partial charge is 0.229 e. The van der Waals surface area contributed by atoms with Crippen LogP contribution in [0, 0.1) is 6.92 Å². The average Bonchev–Trinajstić information content (AvgIpc) is 2.52. The number of halogens is 2. The number of pyridine rings is 1. The van der Waals surface area contributed by atoms with Gasteiger partial charge in [0, 0.05) is 46.4 Å². The summed E-state index contributed by atoms with van der Waals surface area (Å²) >= 11 is 12.0. The molecule has 0 radical (unpaired) electrons. The topological polar surface area (TPSA) is 62.7 Å². The van der Waals surface area contributed by atoms with Gasteiger partial charge in [0.15, 0.2) is 0 Å². The predicted octanol–water partition coefficient (Wildman–Crippen LogP) is 4.84. The number of nitrogens with zero attached hydrogens (tertiary/aromatic N) is 3. The number of hydrogen-bond acceptors (Lipinski definition) is 5. The molecule has 2 aromatic heterocycles. The molecule has 0 unspecified atom stereocenters. The lowest BCUT2D eigenvalue weighted by atomic mass is 10.3. The number of aryl methyl sites for hydroxylation is 1. The van der Waals surface area contributed by atoms with Crippen LogP contribution < -0.4 is 10.6 Å². The highest BCUT2D eigenvalue weighted by Gasteiger charge is 2.05. The van der Waals surface area contributed by atoms with Crippen molar-refractivity contribution in [3.8, 4) is 0 Å². The van der Waals surface area contributed by atoms with Gasteiger partial charge in [-0.15, -0.1) is 0 Å². The normalized spacial score (nSPS) is 10.5. The summed E-state index contributed by atoms with van der Waals surface area (Å²) in [4.78, 5) is 12.9. The Hall–Kier alpha value is -2.37.